The Morgan fingerprint density at radius 3 is 2.56 bits per heavy atom. The van der Waals surface area contributed by atoms with E-state index in [4.69, 9.17) is 9.47 Å². The summed E-state index contributed by atoms with van der Waals surface area (Å²) in [5.41, 5.74) is 3.07. The summed E-state index contributed by atoms with van der Waals surface area (Å²) in [7, 11) is 0. The Labute approximate surface area is 107 Å². The van der Waals surface area contributed by atoms with E-state index in [-0.39, 0.29) is 11.6 Å². The molecule has 0 saturated carbocycles. The molecule has 0 aromatic heterocycles. The smallest absolute Gasteiger partial charge is 0.308 e. The van der Waals surface area contributed by atoms with Crippen molar-refractivity contribution in [3.63, 3.8) is 0 Å². The van der Waals surface area contributed by atoms with Gasteiger partial charge in [-0.3, -0.25) is 4.79 Å². The molecule has 1 aromatic carbocycles. The van der Waals surface area contributed by atoms with Crippen molar-refractivity contribution >= 4 is 11.5 Å². The summed E-state index contributed by atoms with van der Waals surface area (Å²) < 4.78 is 11.1. The highest BCUT2D eigenvalue weighted by Crippen LogP contribution is 2.41. The van der Waals surface area contributed by atoms with E-state index in [1.165, 1.54) is 18.1 Å². The maximum absolute atomic E-state index is 11.0. The van der Waals surface area contributed by atoms with Crippen LogP contribution in [0.2, 0.25) is 0 Å². The molecule has 1 aliphatic rings. The minimum atomic E-state index is -0.314. The normalized spacial score (nSPS) is 16.9. The molecular formula is C15H18O3. The third-order valence-electron chi connectivity index (χ3n) is 3.45. The first-order valence-corrected chi connectivity index (χ1v) is 6.01. The SMILES string of the molecule is CC(=O)Oc1ccc2c(c1)C(C)=C(C)C(C)(C)O2. The van der Waals surface area contributed by atoms with Gasteiger partial charge in [0.1, 0.15) is 17.1 Å². The van der Waals surface area contributed by atoms with E-state index in [0.717, 1.165) is 11.3 Å². The molecular weight excluding hydrogens is 228 g/mol. The molecule has 96 valence electrons. The molecule has 0 saturated heterocycles. The van der Waals surface area contributed by atoms with Crippen molar-refractivity contribution in [2.45, 2.75) is 40.2 Å². The first-order valence-electron chi connectivity index (χ1n) is 6.01. The lowest BCUT2D eigenvalue weighted by Gasteiger charge is -2.35. The summed E-state index contributed by atoms with van der Waals surface area (Å²) in [5, 5.41) is 0. The number of carbonyl (C=O) groups excluding carboxylic acids is 1. The predicted octanol–water partition coefficient (Wildman–Crippen LogP) is 3.58. The average Bonchev–Trinajstić information content (AvgIpc) is 2.26. The van der Waals surface area contributed by atoms with Crippen LogP contribution in [0.4, 0.5) is 0 Å². The molecule has 0 spiro atoms. The van der Waals surface area contributed by atoms with Gasteiger partial charge in [0.25, 0.3) is 0 Å². The van der Waals surface area contributed by atoms with Crippen LogP contribution in [-0.2, 0) is 4.79 Å². The Morgan fingerprint density at radius 1 is 1.28 bits per heavy atom. The minimum Gasteiger partial charge on any atom is -0.483 e. The Kier molecular flexibility index (Phi) is 2.93. The monoisotopic (exact) mass is 246 g/mol. The summed E-state index contributed by atoms with van der Waals surface area (Å²) >= 11 is 0. The van der Waals surface area contributed by atoms with E-state index in [0.29, 0.717) is 5.75 Å². The number of esters is 1. The molecule has 2 rings (SSSR count). The zero-order valence-corrected chi connectivity index (χ0v) is 11.5. The van der Waals surface area contributed by atoms with Crippen molar-refractivity contribution in [2.75, 3.05) is 0 Å². The fraction of sp³-hybridized carbons (Fsp3) is 0.400. The lowest BCUT2D eigenvalue weighted by Crippen LogP contribution is -2.33. The topological polar surface area (TPSA) is 35.5 Å². The van der Waals surface area contributed by atoms with Gasteiger partial charge in [-0.05, 0) is 57.0 Å². The maximum Gasteiger partial charge on any atom is 0.308 e. The largest absolute Gasteiger partial charge is 0.483 e. The van der Waals surface area contributed by atoms with Crippen molar-refractivity contribution in [3.05, 3.63) is 29.3 Å². The van der Waals surface area contributed by atoms with Gasteiger partial charge < -0.3 is 9.47 Å². The number of hydrogen-bond acceptors (Lipinski definition) is 3. The van der Waals surface area contributed by atoms with Gasteiger partial charge in [-0.25, -0.2) is 0 Å². The number of allylic oxidation sites excluding steroid dienone is 1. The molecule has 1 heterocycles. The van der Waals surface area contributed by atoms with Crippen molar-refractivity contribution in [2.24, 2.45) is 0 Å². The predicted molar refractivity (Wildman–Crippen MR) is 70.7 cm³/mol. The molecule has 1 aliphatic heterocycles. The van der Waals surface area contributed by atoms with Crippen LogP contribution in [0.3, 0.4) is 0 Å². The first kappa shape index (κ1) is 12.7. The van der Waals surface area contributed by atoms with E-state index in [1.807, 2.05) is 12.1 Å². The van der Waals surface area contributed by atoms with Gasteiger partial charge in [-0.15, -0.1) is 0 Å². The third kappa shape index (κ3) is 2.13. The van der Waals surface area contributed by atoms with Gasteiger partial charge in [-0.1, -0.05) is 0 Å². The van der Waals surface area contributed by atoms with Crippen LogP contribution in [0.25, 0.3) is 5.57 Å². The van der Waals surface area contributed by atoms with Gasteiger partial charge >= 0.3 is 5.97 Å². The zero-order chi connectivity index (χ0) is 13.5. The summed E-state index contributed by atoms with van der Waals surface area (Å²) in [5.74, 6) is 1.07. The second-order valence-corrected chi connectivity index (χ2v) is 5.11. The molecule has 0 unspecified atom stereocenters. The summed E-state index contributed by atoms with van der Waals surface area (Å²) in [6.07, 6.45) is 0. The number of benzene rings is 1. The Balaban J connectivity index is 2.49. The lowest BCUT2D eigenvalue weighted by molar-refractivity contribution is -0.131. The molecule has 0 fully saturated rings. The lowest BCUT2D eigenvalue weighted by atomic mass is 9.88. The maximum atomic E-state index is 11.0. The standard InChI is InChI=1S/C15H18O3/c1-9-10(2)15(4,5)18-14-7-6-12(8-13(9)14)17-11(3)16/h6-8H,1-5H3. The summed E-state index contributed by atoms with van der Waals surface area (Å²) in [6, 6.07) is 5.46. The number of hydrogen-bond donors (Lipinski definition) is 0. The number of rotatable bonds is 1. The van der Waals surface area contributed by atoms with Crippen LogP contribution in [0.5, 0.6) is 11.5 Å². The minimum absolute atomic E-state index is 0.292. The van der Waals surface area contributed by atoms with E-state index in [1.54, 1.807) is 6.07 Å². The van der Waals surface area contributed by atoms with Gasteiger partial charge in [0, 0.05) is 12.5 Å². The number of fused-ring (bicyclic) bond motifs is 1. The molecule has 3 heteroatoms. The summed E-state index contributed by atoms with van der Waals surface area (Å²) in [6.45, 7) is 9.63. The molecule has 0 bridgehead atoms. The Morgan fingerprint density at radius 2 is 1.94 bits per heavy atom. The molecule has 0 radical (unpaired) electrons. The Bertz CT molecular complexity index is 539. The summed E-state index contributed by atoms with van der Waals surface area (Å²) in [4.78, 5) is 11.0. The van der Waals surface area contributed by atoms with Crippen LogP contribution in [0.1, 0.15) is 40.2 Å². The van der Waals surface area contributed by atoms with Crippen molar-refractivity contribution in [1.82, 2.24) is 0 Å². The van der Waals surface area contributed by atoms with Gasteiger partial charge in [-0.2, -0.15) is 0 Å². The van der Waals surface area contributed by atoms with Gasteiger partial charge in [0.15, 0.2) is 0 Å². The number of ether oxygens (including phenoxy) is 2. The molecule has 3 nitrogen and oxygen atoms in total. The van der Waals surface area contributed by atoms with Crippen LogP contribution in [-0.4, -0.2) is 11.6 Å². The van der Waals surface area contributed by atoms with Crippen molar-refractivity contribution < 1.29 is 14.3 Å². The zero-order valence-electron chi connectivity index (χ0n) is 11.5. The highest BCUT2D eigenvalue weighted by atomic mass is 16.5. The first-order chi connectivity index (χ1) is 8.31. The number of carbonyl (C=O) groups is 1. The van der Waals surface area contributed by atoms with Crippen LogP contribution in [0.15, 0.2) is 23.8 Å². The fourth-order valence-electron chi connectivity index (χ4n) is 2.13. The molecule has 0 amide bonds. The van der Waals surface area contributed by atoms with E-state index >= 15 is 0 Å². The second-order valence-electron chi connectivity index (χ2n) is 5.11. The molecule has 1 aromatic rings. The van der Waals surface area contributed by atoms with Crippen LogP contribution >= 0.6 is 0 Å². The van der Waals surface area contributed by atoms with E-state index in [9.17, 15) is 4.79 Å². The molecule has 18 heavy (non-hydrogen) atoms. The second kappa shape index (κ2) is 4.16. The average molecular weight is 246 g/mol. The van der Waals surface area contributed by atoms with E-state index in [2.05, 4.69) is 27.7 Å². The highest BCUT2D eigenvalue weighted by Gasteiger charge is 2.30. The molecule has 0 N–H and O–H groups in total. The van der Waals surface area contributed by atoms with Crippen molar-refractivity contribution in [1.29, 1.82) is 0 Å². The van der Waals surface area contributed by atoms with Crippen LogP contribution < -0.4 is 9.47 Å². The molecule has 0 aliphatic carbocycles. The third-order valence-corrected chi connectivity index (χ3v) is 3.45. The van der Waals surface area contributed by atoms with Gasteiger partial charge in [0.2, 0.25) is 0 Å². The van der Waals surface area contributed by atoms with Crippen molar-refractivity contribution in [3.8, 4) is 11.5 Å². The van der Waals surface area contributed by atoms with E-state index < -0.39 is 0 Å². The Hall–Kier alpha value is -1.77. The highest BCUT2D eigenvalue weighted by molar-refractivity contribution is 5.77. The fourth-order valence-corrected chi connectivity index (χ4v) is 2.13. The molecule has 0 atom stereocenters. The quantitative estimate of drug-likeness (QED) is 0.561. The van der Waals surface area contributed by atoms with Gasteiger partial charge in [0.05, 0.1) is 0 Å². The van der Waals surface area contributed by atoms with Crippen LogP contribution in [0, 0.1) is 0 Å².